The fraction of sp³-hybridized carbons (Fsp3) is 0.188. The second-order valence-electron chi connectivity index (χ2n) is 5.06. The van der Waals surface area contributed by atoms with Gasteiger partial charge in [0.2, 0.25) is 0 Å². The molecule has 0 aromatic heterocycles. The molecule has 1 amide bonds. The highest BCUT2D eigenvalue weighted by atomic mass is 79.9. The van der Waals surface area contributed by atoms with Crippen molar-refractivity contribution >= 4 is 60.7 Å². The van der Waals surface area contributed by atoms with Gasteiger partial charge in [-0.25, -0.2) is 0 Å². The zero-order valence-electron chi connectivity index (χ0n) is 12.5. The van der Waals surface area contributed by atoms with Gasteiger partial charge in [-0.15, -0.1) is 0 Å². The molecule has 2 aromatic carbocycles. The number of anilines is 2. The van der Waals surface area contributed by atoms with Gasteiger partial charge in [0.1, 0.15) is 5.75 Å². The van der Waals surface area contributed by atoms with Crippen LogP contribution in [0.2, 0.25) is 5.02 Å². The smallest absolute Gasteiger partial charge is 0.262 e. The summed E-state index contributed by atoms with van der Waals surface area (Å²) in [5.74, 6) is 0.309. The van der Waals surface area contributed by atoms with E-state index in [1.165, 1.54) is 0 Å². The van der Waals surface area contributed by atoms with Crippen LogP contribution in [0.5, 0.6) is 5.75 Å². The van der Waals surface area contributed by atoms with E-state index in [1.807, 2.05) is 26.0 Å². The minimum Gasteiger partial charge on any atom is -0.482 e. The number of halogens is 3. The first kappa shape index (κ1) is 18.1. The molecule has 0 heterocycles. The second-order valence-corrected chi connectivity index (χ2v) is 7.24. The molecule has 3 N–H and O–H groups in total. The van der Waals surface area contributed by atoms with E-state index in [0.717, 1.165) is 20.1 Å². The van der Waals surface area contributed by atoms with Crippen molar-refractivity contribution in [2.45, 2.75) is 13.8 Å². The lowest BCUT2D eigenvalue weighted by molar-refractivity contribution is -0.118. The molecule has 0 atom stereocenters. The molecular formula is C16H15Br2ClN2O2. The van der Waals surface area contributed by atoms with Crippen LogP contribution >= 0.6 is 43.5 Å². The number of ether oxygens (including phenoxy) is 1. The molecule has 0 spiro atoms. The van der Waals surface area contributed by atoms with Crippen molar-refractivity contribution in [3.8, 4) is 5.75 Å². The van der Waals surface area contributed by atoms with Gasteiger partial charge in [0.25, 0.3) is 5.91 Å². The van der Waals surface area contributed by atoms with Crippen molar-refractivity contribution in [2.24, 2.45) is 0 Å². The Bertz CT molecular complexity index is 743. The molecule has 0 bridgehead atoms. The number of amides is 1. The second kappa shape index (κ2) is 7.55. The molecular weight excluding hydrogens is 447 g/mol. The van der Waals surface area contributed by atoms with Crippen LogP contribution in [0.15, 0.2) is 33.2 Å². The van der Waals surface area contributed by atoms with Gasteiger partial charge in [-0.1, -0.05) is 27.5 Å². The summed E-state index contributed by atoms with van der Waals surface area (Å²) in [6.45, 7) is 3.62. The molecule has 0 aliphatic rings. The minimum atomic E-state index is -0.314. The van der Waals surface area contributed by atoms with Crippen molar-refractivity contribution in [1.29, 1.82) is 0 Å². The van der Waals surface area contributed by atoms with Crippen LogP contribution in [0.1, 0.15) is 11.1 Å². The quantitative estimate of drug-likeness (QED) is 0.623. The number of rotatable bonds is 4. The van der Waals surface area contributed by atoms with Gasteiger partial charge in [0.15, 0.2) is 6.61 Å². The maximum atomic E-state index is 12.1. The van der Waals surface area contributed by atoms with Crippen LogP contribution in [-0.4, -0.2) is 12.5 Å². The summed E-state index contributed by atoms with van der Waals surface area (Å²) < 4.78 is 7.30. The predicted molar refractivity (Wildman–Crippen MR) is 101 cm³/mol. The summed E-state index contributed by atoms with van der Waals surface area (Å²) in [6.07, 6.45) is 0. The number of hydrogen-bond donors (Lipinski definition) is 2. The monoisotopic (exact) mass is 460 g/mol. The molecule has 2 rings (SSSR count). The maximum absolute atomic E-state index is 12.1. The van der Waals surface area contributed by atoms with Crippen LogP contribution in [0.3, 0.4) is 0 Å². The van der Waals surface area contributed by atoms with Crippen LogP contribution in [-0.2, 0) is 4.79 Å². The molecule has 0 radical (unpaired) electrons. The van der Waals surface area contributed by atoms with Gasteiger partial charge >= 0.3 is 0 Å². The third-order valence-electron chi connectivity index (χ3n) is 3.15. The molecule has 122 valence electrons. The average molecular weight is 463 g/mol. The van der Waals surface area contributed by atoms with E-state index in [-0.39, 0.29) is 12.5 Å². The molecule has 0 aliphatic heterocycles. The Hall–Kier alpha value is -1.24. The lowest BCUT2D eigenvalue weighted by atomic mass is 10.2. The van der Waals surface area contributed by atoms with E-state index in [9.17, 15) is 4.79 Å². The molecule has 23 heavy (non-hydrogen) atoms. The van der Waals surface area contributed by atoms with Crippen molar-refractivity contribution in [3.63, 3.8) is 0 Å². The lowest BCUT2D eigenvalue weighted by Gasteiger charge is -2.13. The molecule has 2 aromatic rings. The number of carbonyl (C=O) groups is 1. The van der Waals surface area contributed by atoms with Gasteiger partial charge in [-0.3, -0.25) is 4.79 Å². The zero-order chi connectivity index (χ0) is 17.1. The van der Waals surface area contributed by atoms with Crippen molar-refractivity contribution in [3.05, 3.63) is 49.4 Å². The third-order valence-corrected chi connectivity index (χ3v) is 4.60. The molecule has 7 heteroatoms. The van der Waals surface area contributed by atoms with Gasteiger partial charge in [-0.2, -0.15) is 0 Å². The summed E-state index contributed by atoms with van der Waals surface area (Å²) >= 11 is 12.9. The topological polar surface area (TPSA) is 64.3 Å². The number of nitrogens with one attached hydrogen (secondary N) is 1. The number of nitrogens with two attached hydrogens (primary N) is 1. The molecule has 0 saturated carbocycles. The summed E-state index contributed by atoms with van der Waals surface area (Å²) in [5.41, 5.74) is 8.58. The van der Waals surface area contributed by atoms with E-state index < -0.39 is 0 Å². The van der Waals surface area contributed by atoms with Crippen LogP contribution in [0, 0.1) is 13.8 Å². The van der Waals surface area contributed by atoms with Crippen LogP contribution in [0.4, 0.5) is 11.4 Å². The molecule has 0 saturated heterocycles. The van der Waals surface area contributed by atoms with Crippen LogP contribution < -0.4 is 15.8 Å². The maximum Gasteiger partial charge on any atom is 0.262 e. The fourth-order valence-corrected chi connectivity index (χ4v) is 3.72. The van der Waals surface area contributed by atoms with E-state index in [0.29, 0.717) is 22.1 Å². The van der Waals surface area contributed by atoms with E-state index in [4.69, 9.17) is 22.1 Å². The Kier molecular flexibility index (Phi) is 5.95. The Morgan fingerprint density at radius 3 is 2.57 bits per heavy atom. The molecule has 0 unspecified atom stereocenters. The first-order chi connectivity index (χ1) is 10.8. The Morgan fingerprint density at radius 2 is 1.91 bits per heavy atom. The van der Waals surface area contributed by atoms with Crippen molar-refractivity contribution in [1.82, 2.24) is 0 Å². The first-order valence-corrected chi connectivity index (χ1v) is 8.68. The lowest BCUT2D eigenvalue weighted by Crippen LogP contribution is -2.21. The SMILES string of the molecule is Cc1cc(N)c(NC(=O)COc2c(C)cc(Br)cc2Br)cc1Cl. The summed E-state index contributed by atoms with van der Waals surface area (Å²) in [5, 5.41) is 3.24. The highest BCUT2D eigenvalue weighted by Crippen LogP contribution is 2.32. The van der Waals surface area contributed by atoms with Crippen LogP contribution in [0.25, 0.3) is 0 Å². The highest BCUT2D eigenvalue weighted by molar-refractivity contribution is 9.11. The number of nitrogen functional groups attached to an aromatic ring is 1. The Labute approximate surface area is 156 Å². The van der Waals surface area contributed by atoms with Gasteiger partial charge in [0.05, 0.1) is 15.8 Å². The van der Waals surface area contributed by atoms with Gasteiger partial charge in [-0.05, 0) is 65.2 Å². The standard InChI is InChI=1S/C16H15Br2ClN2O2/c1-8-4-13(20)14(6-12(8)19)21-15(22)7-23-16-9(2)3-10(17)5-11(16)18/h3-6H,7,20H2,1-2H3,(H,21,22). The minimum absolute atomic E-state index is 0.133. The van der Waals surface area contributed by atoms with Crippen molar-refractivity contribution in [2.75, 3.05) is 17.7 Å². The number of hydrogen-bond acceptors (Lipinski definition) is 3. The Morgan fingerprint density at radius 1 is 1.22 bits per heavy atom. The number of carbonyl (C=O) groups excluding carboxylic acids is 1. The average Bonchev–Trinajstić information content (AvgIpc) is 2.43. The number of aryl methyl sites for hydroxylation is 2. The summed E-state index contributed by atoms with van der Waals surface area (Å²) in [6, 6.07) is 7.12. The molecule has 0 aliphatic carbocycles. The third kappa shape index (κ3) is 4.62. The van der Waals surface area contributed by atoms with Gasteiger partial charge < -0.3 is 15.8 Å². The largest absolute Gasteiger partial charge is 0.482 e. The zero-order valence-corrected chi connectivity index (χ0v) is 16.5. The number of benzene rings is 2. The summed E-state index contributed by atoms with van der Waals surface area (Å²) in [4.78, 5) is 12.1. The predicted octanol–water partition coefficient (Wildman–Crippen LogP) is 5.08. The molecule has 4 nitrogen and oxygen atoms in total. The highest BCUT2D eigenvalue weighted by Gasteiger charge is 2.12. The summed E-state index contributed by atoms with van der Waals surface area (Å²) in [7, 11) is 0. The van der Waals surface area contributed by atoms with Crippen molar-refractivity contribution < 1.29 is 9.53 Å². The fourth-order valence-electron chi connectivity index (χ4n) is 2.01. The van der Waals surface area contributed by atoms with E-state index >= 15 is 0 Å². The first-order valence-electron chi connectivity index (χ1n) is 6.72. The normalized spacial score (nSPS) is 10.5. The van der Waals surface area contributed by atoms with Gasteiger partial charge in [0, 0.05) is 9.50 Å². The molecule has 0 fully saturated rings. The van der Waals surface area contributed by atoms with E-state index in [2.05, 4.69) is 37.2 Å². The van der Waals surface area contributed by atoms with E-state index in [1.54, 1.807) is 12.1 Å². The Balaban J connectivity index is 2.05.